The summed E-state index contributed by atoms with van der Waals surface area (Å²) in [6, 6.07) is 61.6. The monoisotopic (exact) mass is 574 g/mol. The summed E-state index contributed by atoms with van der Waals surface area (Å²) >= 11 is 0. The molecule has 2 nitrogen and oxygen atoms in total. The minimum atomic E-state index is 0.00242. The van der Waals surface area contributed by atoms with Crippen molar-refractivity contribution in [1.29, 1.82) is 0 Å². The first-order valence-electron chi connectivity index (χ1n) is 15.6. The molecule has 0 aliphatic carbocycles. The van der Waals surface area contributed by atoms with Crippen molar-refractivity contribution in [2.24, 2.45) is 0 Å². The standard InChI is InChI=1S/C43H30N2/c1-2-14-34(15-3-1)45-40-21-11-10-20-39(40)44-43(45)31-25-23-30(24-26-31)41-35-16-6-8-18-37(35)42(38-19-9-7-17-36(38)41)33-27-22-29-12-4-5-13-32(29)28-33/h1-28,43-44H. The molecule has 0 amide bonds. The Morgan fingerprint density at radius 1 is 0.422 bits per heavy atom. The van der Waals surface area contributed by atoms with Gasteiger partial charge in [0.15, 0.2) is 0 Å². The maximum Gasteiger partial charge on any atom is 0.130 e. The number of anilines is 3. The van der Waals surface area contributed by atoms with Gasteiger partial charge in [-0.3, -0.25) is 0 Å². The van der Waals surface area contributed by atoms with Crippen molar-refractivity contribution in [3.63, 3.8) is 0 Å². The van der Waals surface area contributed by atoms with E-state index in [2.05, 4.69) is 180 Å². The van der Waals surface area contributed by atoms with Crippen molar-refractivity contribution >= 4 is 49.4 Å². The Kier molecular flexibility index (Phi) is 5.92. The summed E-state index contributed by atoms with van der Waals surface area (Å²) in [7, 11) is 0. The van der Waals surface area contributed by atoms with Gasteiger partial charge in [-0.1, -0.05) is 140 Å². The topological polar surface area (TPSA) is 15.3 Å². The van der Waals surface area contributed by atoms with Gasteiger partial charge in [-0.05, 0) is 90.5 Å². The second-order valence-electron chi connectivity index (χ2n) is 11.8. The SMILES string of the molecule is c1ccc(N2c3ccccc3NC2c2ccc(-c3c4ccccc4c(-c4ccc5ccccc5c4)c4ccccc34)cc2)cc1. The molecular formula is C43H30N2. The molecule has 9 rings (SSSR count). The molecule has 1 aliphatic heterocycles. The van der Waals surface area contributed by atoms with Crippen LogP contribution in [0.2, 0.25) is 0 Å². The molecule has 1 N–H and O–H groups in total. The number of hydrogen-bond acceptors (Lipinski definition) is 2. The van der Waals surface area contributed by atoms with Gasteiger partial charge in [-0.25, -0.2) is 0 Å². The van der Waals surface area contributed by atoms with Gasteiger partial charge < -0.3 is 10.2 Å². The van der Waals surface area contributed by atoms with Crippen molar-refractivity contribution in [2.75, 3.05) is 10.2 Å². The number of rotatable bonds is 4. The Morgan fingerprint density at radius 2 is 0.956 bits per heavy atom. The minimum absolute atomic E-state index is 0.00242. The summed E-state index contributed by atoms with van der Waals surface area (Å²) in [6.07, 6.45) is 0.00242. The minimum Gasteiger partial charge on any atom is -0.359 e. The van der Waals surface area contributed by atoms with Gasteiger partial charge in [0.2, 0.25) is 0 Å². The Bertz CT molecular complexity index is 2300. The molecule has 0 fully saturated rings. The highest BCUT2D eigenvalue weighted by Crippen LogP contribution is 2.47. The normalized spacial score (nSPS) is 14.1. The third-order valence-corrected chi connectivity index (χ3v) is 9.23. The predicted octanol–water partition coefficient (Wildman–Crippen LogP) is 11.7. The van der Waals surface area contributed by atoms with Crippen molar-refractivity contribution in [3.05, 3.63) is 175 Å². The lowest BCUT2D eigenvalue weighted by molar-refractivity contribution is 0.828. The number of nitrogens with zero attached hydrogens (tertiary/aromatic N) is 1. The number of nitrogens with one attached hydrogen (secondary N) is 1. The van der Waals surface area contributed by atoms with E-state index in [9.17, 15) is 0 Å². The van der Waals surface area contributed by atoms with E-state index < -0.39 is 0 Å². The van der Waals surface area contributed by atoms with E-state index in [0.717, 1.165) is 5.69 Å². The molecule has 2 heteroatoms. The van der Waals surface area contributed by atoms with E-state index in [4.69, 9.17) is 0 Å². The van der Waals surface area contributed by atoms with Crippen LogP contribution in [0.15, 0.2) is 170 Å². The van der Waals surface area contributed by atoms with Crippen LogP contribution in [-0.2, 0) is 0 Å². The zero-order chi connectivity index (χ0) is 29.7. The maximum atomic E-state index is 3.78. The zero-order valence-electron chi connectivity index (χ0n) is 24.7. The molecule has 212 valence electrons. The molecule has 1 unspecified atom stereocenters. The second kappa shape index (κ2) is 10.4. The summed E-state index contributed by atoms with van der Waals surface area (Å²) < 4.78 is 0. The van der Waals surface area contributed by atoms with Gasteiger partial charge in [0.25, 0.3) is 0 Å². The first kappa shape index (κ1) is 25.6. The van der Waals surface area contributed by atoms with Crippen LogP contribution in [0.3, 0.4) is 0 Å². The molecular weight excluding hydrogens is 544 g/mol. The smallest absolute Gasteiger partial charge is 0.130 e. The fraction of sp³-hybridized carbons (Fsp3) is 0.0233. The predicted molar refractivity (Wildman–Crippen MR) is 191 cm³/mol. The highest BCUT2D eigenvalue weighted by atomic mass is 15.3. The van der Waals surface area contributed by atoms with Crippen molar-refractivity contribution in [3.8, 4) is 22.3 Å². The Labute approximate surface area is 262 Å². The van der Waals surface area contributed by atoms with Gasteiger partial charge in [0.05, 0.1) is 11.4 Å². The van der Waals surface area contributed by atoms with Crippen LogP contribution >= 0.6 is 0 Å². The first-order chi connectivity index (χ1) is 22.3. The highest BCUT2D eigenvalue weighted by Gasteiger charge is 2.31. The van der Waals surface area contributed by atoms with Crippen LogP contribution in [-0.4, -0.2) is 0 Å². The van der Waals surface area contributed by atoms with E-state index in [-0.39, 0.29) is 6.17 Å². The van der Waals surface area contributed by atoms with Crippen molar-refractivity contribution in [2.45, 2.75) is 6.17 Å². The Balaban J connectivity index is 1.20. The van der Waals surface area contributed by atoms with Crippen LogP contribution in [0.1, 0.15) is 11.7 Å². The van der Waals surface area contributed by atoms with Crippen LogP contribution < -0.4 is 10.2 Å². The van der Waals surface area contributed by atoms with Gasteiger partial charge in [-0.15, -0.1) is 0 Å². The molecule has 0 aromatic heterocycles. The van der Waals surface area contributed by atoms with Crippen LogP contribution in [0.5, 0.6) is 0 Å². The van der Waals surface area contributed by atoms with Crippen LogP contribution in [0.25, 0.3) is 54.6 Å². The summed E-state index contributed by atoms with van der Waals surface area (Å²) in [5, 5.41) is 11.4. The summed E-state index contributed by atoms with van der Waals surface area (Å²) in [6.45, 7) is 0. The van der Waals surface area contributed by atoms with Crippen molar-refractivity contribution < 1.29 is 0 Å². The third-order valence-electron chi connectivity index (χ3n) is 9.23. The highest BCUT2D eigenvalue weighted by molar-refractivity contribution is 6.21. The largest absolute Gasteiger partial charge is 0.359 e. The van der Waals surface area contributed by atoms with E-state index in [1.54, 1.807) is 0 Å². The lowest BCUT2D eigenvalue weighted by Crippen LogP contribution is -2.23. The molecule has 45 heavy (non-hydrogen) atoms. The molecule has 0 saturated carbocycles. The molecule has 1 aliphatic rings. The lowest BCUT2D eigenvalue weighted by Gasteiger charge is -2.27. The summed E-state index contributed by atoms with van der Waals surface area (Å²) in [4.78, 5) is 2.40. The Morgan fingerprint density at radius 3 is 1.64 bits per heavy atom. The summed E-state index contributed by atoms with van der Waals surface area (Å²) in [5.74, 6) is 0. The average Bonchev–Trinajstić information content (AvgIpc) is 3.50. The molecule has 8 aromatic rings. The molecule has 8 aromatic carbocycles. The van der Waals surface area contributed by atoms with Crippen molar-refractivity contribution in [1.82, 2.24) is 0 Å². The number of fused-ring (bicyclic) bond motifs is 4. The molecule has 0 radical (unpaired) electrons. The van der Waals surface area contributed by atoms with Crippen LogP contribution in [0, 0.1) is 0 Å². The Hall–Kier alpha value is -5.86. The van der Waals surface area contributed by atoms with Gasteiger partial charge in [-0.2, -0.15) is 0 Å². The molecule has 0 saturated heterocycles. The fourth-order valence-electron chi connectivity index (χ4n) is 7.19. The third kappa shape index (κ3) is 4.18. The molecule has 0 spiro atoms. The summed E-state index contributed by atoms with van der Waals surface area (Å²) in [5.41, 5.74) is 9.77. The average molecular weight is 575 g/mol. The van der Waals surface area contributed by atoms with Crippen LogP contribution in [0.4, 0.5) is 17.1 Å². The maximum absolute atomic E-state index is 3.78. The van der Waals surface area contributed by atoms with Gasteiger partial charge >= 0.3 is 0 Å². The second-order valence-corrected chi connectivity index (χ2v) is 11.8. The molecule has 1 atom stereocenters. The van der Waals surface area contributed by atoms with E-state index in [1.165, 1.54) is 71.5 Å². The fourth-order valence-corrected chi connectivity index (χ4v) is 7.19. The van der Waals surface area contributed by atoms with E-state index in [1.807, 2.05) is 0 Å². The molecule has 0 bridgehead atoms. The van der Waals surface area contributed by atoms with Gasteiger partial charge in [0, 0.05) is 5.69 Å². The first-order valence-corrected chi connectivity index (χ1v) is 15.6. The van der Waals surface area contributed by atoms with E-state index >= 15 is 0 Å². The molecule has 1 heterocycles. The lowest BCUT2D eigenvalue weighted by atomic mass is 9.85. The number of benzene rings is 8. The number of para-hydroxylation sites is 3. The number of hydrogen-bond donors (Lipinski definition) is 1. The van der Waals surface area contributed by atoms with Gasteiger partial charge in [0.1, 0.15) is 6.17 Å². The quantitative estimate of drug-likeness (QED) is 0.210. The zero-order valence-corrected chi connectivity index (χ0v) is 24.7. The van der Waals surface area contributed by atoms with E-state index in [0.29, 0.717) is 0 Å².